The van der Waals surface area contributed by atoms with Crippen LogP contribution in [0, 0.1) is 0 Å². The quantitative estimate of drug-likeness (QED) is 0.798. The van der Waals surface area contributed by atoms with Crippen LogP contribution in [-0.2, 0) is 6.54 Å². The Hall–Kier alpha value is -0.820. The Morgan fingerprint density at radius 2 is 1.78 bits per heavy atom. The Bertz CT molecular complexity index is 335. The Labute approximate surface area is 112 Å². The lowest BCUT2D eigenvalue weighted by atomic mass is 9.95. The molecule has 1 aliphatic carbocycles. The molecule has 0 radical (unpaired) electrons. The highest BCUT2D eigenvalue weighted by Crippen LogP contribution is 2.20. The van der Waals surface area contributed by atoms with Gasteiger partial charge in [0.2, 0.25) is 0 Å². The summed E-state index contributed by atoms with van der Waals surface area (Å²) in [5, 5.41) is 3.70. The Balaban J connectivity index is 1.82. The summed E-state index contributed by atoms with van der Waals surface area (Å²) in [7, 11) is 0. The second-order valence-electron chi connectivity index (χ2n) is 5.77. The van der Waals surface area contributed by atoms with Crippen LogP contribution in [0.1, 0.15) is 69.4 Å². The van der Waals surface area contributed by atoms with E-state index < -0.39 is 0 Å². The molecule has 18 heavy (non-hydrogen) atoms. The highest BCUT2D eigenvalue weighted by atomic mass is 14.9. The van der Waals surface area contributed by atoms with Gasteiger partial charge in [0.05, 0.1) is 0 Å². The Morgan fingerprint density at radius 1 is 1.11 bits per heavy atom. The molecule has 0 amide bonds. The molecule has 1 saturated carbocycles. The Morgan fingerprint density at radius 3 is 2.39 bits per heavy atom. The number of rotatable bonds is 5. The summed E-state index contributed by atoms with van der Waals surface area (Å²) in [5.74, 6) is 0.686. The van der Waals surface area contributed by atoms with Gasteiger partial charge in [-0.2, -0.15) is 0 Å². The van der Waals surface area contributed by atoms with E-state index >= 15 is 0 Å². The van der Waals surface area contributed by atoms with Gasteiger partial charge in [-0.05, 0) is 36.3 Å². The van der Waals surface area contributed by atoms with Crippen LogP contribution in [0.3, 0.4) is 0 Å². The molecule has 0 aromatic heterocycles. The summed E-state index contributed by atoms with van der Waals surface area (Å²) in [6.07, 6.45) is 8.20. The van der Waals surface area contributed by atoms with E-state index in [2.05, 4.69) is 43.4 Å². The molecule has 1 fully saturated rings. The van der Waals surface area contributed by atoms with Gasteiger partial charge in [0, 0.05) is 12.6 Å². The number of benzene rings is 1. The first-order valence-corrected chi connectivity index (χ1v) is 7.62. The third kappa shape index (κ3) is 3.84. The third-order valence-electron chi connectivity index (χ3n) is 4.36. The van der Waals surface area contributed by atoms with Crippen LogP contribution in [0.25, 0.3) is 0 Å². The van der Waals surface area contributed by atoms with E-state index in [4.69, 9.17) is 0 Å². The van der Waals surface area contributed by atoms with Crippen molar-refractivity contribution in [1.82, 2.24) is 5.32 Å². The van der Waals surface area contributed by atoms with Crippen LogP contribution in [0.5, 0.6) is 0 Å². The van der Waals surface area contributed by atoms with E-state index in [1.54, 1.807) is 0 Å². The van der Waals surface area contributed by atoms with E-state index in [1.165, 1.54) is 49.7 Å². The molecular weight excluding hydrogens is 218 g/mol. The molecule has 0 saturated heterocycles. The monoisotopic (exact) mass is 245 g/mol. The maximum absolute atomic E-state index is 3.70. The minimum Gasteiger partial charge on any atom is -0.310 e. The van der Waals surface area contributed by atoms with Crippen LogP contribution in [0.2, 0.25) is 0 Å². The van der Waals surface area contributed by atoms with Gasteiger partial charge in [-0.1, -0.05) is 57.4 Å². The van der Waals surface area contributed by atoms with Crippen molar-refractivity contribution in [3.05, 3.63) is 35.4 Å². The predicted molar refractivity (Wildman–Crippen MR) is 78.9 cm³/mol. The molecule has 0 spiro atoms. The van der Waals surface area contributed by atoms with Gasteiger partial charge in [-0.15, -0.1) is 0 Å². The Kier molecular flexibility index (Phi) is 5.25. The second-order valence-corrected chi connectivity index (χ2v) is 5.77. The first kappa shape index (κ1) is 13.6. The lowest BCUT2D eigenvalue weighted by Gasteiger charge is -2.23. The van der Waals surface area contributed by atoms with Gasteiger partial charge >= 0.3 is 0 Å². The molecule has 1 aliphatic rings. The number of nitrogens with one attached hydrogen (secondary N) is 1. The minimum atomic E-state index is 0.686. The molecule has 1 heteroatoms. The minimum absolute atomic E-state index is 0.686. The molecule has 2 rings (SSSR count). The van der Waals surface area contributed by atoms with Crippen LogP contribution in [0.4, 0.5) is 0 Å². The average Bonchev–Trinajstić information content (AvgIpc) is 2.46. The summed E-state index contributed by atoms with van der Waals surface area (Å²) in [4.78, 5) is 0. The van der Waals surface area contributed by atoms with Gasteiger partial charge < -0.3 is 5.32 Å². The van der Waals surface area contributed by atoms with Gasteiger partial charge in [0.15, 0.2) is 0 Å². The van der Waals surface area contributed by atoms with Crippen molar-refractivity contribution in [2.45, 2.75) is 70.9 Å². The topological polar surface area (TPSA) is 12.0 Å². The van der Waals surface area contributed by atoms with Crippen molar-refractivity contribution < 1.29 is 0 Å². The van der Waals surface area contributed by atoms with E-state index in [-0.39, 0.29) is 0 Å². The normalized spacial score (nSPS) is 18.8. The van der Waals surface area contributed by atoms with Gasteiger partial charge in [0.1, 0.15) is 0 Å². The molecule has 0 heterocycles. The predicted octanol–water partition coefficient (Wildman–Crippen LogP) is 4.62. The highest BCUT2D eigenvalue weighted by Gasteiger charge is 2.12. The fourth-order valence-corrected chi connectivity index (χ4v) is 2.77. The summed E-state index contributed by atoms with van der Waals surface area (Å²) >= 11 is 0. The second kappa shape index (κ2) is 6.94. The molecule has 1 aromatic carbocycles. The zero-order chi connectivity index (χ0) is 12.8. The zero-order valence-electron chi connectivity index (χ0n) is 11.9. The first-order chi connectivity index (χ1) is 8.79. The lowest BCUT2D eigenvalue weighted by Crippen LogP contribution is -2.30. The van der Waals surface area contributed by atoms with Crippen molar-refractivity contribution >= 4 is 0 Å². The van der Waals surface area contributed by atoms with Crippen molar-refractivity contribution in [2.75, 3.05) is 0 Å². The summed E-state index contributed by atoms with van der Waals surface area (Å²) < 4.78 is 0. The maximum Gasteiger partial charge on any atom is 0.0208 e. The van der Waals surface area contributed by atoms with Crippen LogP contribution >= 0.6 is 0 Å². The third-order valence-corrected chi connectivity index (χ3v) is 4.36. The SMILES string of the molecule is CCC(C)c1ccc(CNC2CCCCC2)cc1. The van der Waals surface area contributed by atoms with Crippen LogP contribution in [-0.4, -0.2) is 6.04 Å². The summed E-state index contributed by atoms with van der Waals surface area (Å²) in [6, 6.07) is 9.93. The molecule has 1 nitrogen and oxygen atoms in total. The molecule has 0 aliphatic heterocycles. The van der Waals surface area contributed by atoms with E-state index in [0.29, 0.717) is 5.92 Å². The zero-order valence-corrected chi connectivity index (χ0v) is 11.9. The van der Waals surface area contributed by atoms with Crippen LogP contribution in [0.15, 0.2) is 24.3 Å². The fraction of sp³-hybridized carbons (Fsp3) is 0.647. The van der Waals surface area contributed by atoms with E-state index in [1.807, 2.05) is 0 Å². The average molecular weight is 245 g/mol. The summed E-state index contributed by atoms with van der Waals surface area (Å²) in [5.41, 5.74) is 2.89. The number of hydrogen-bond donors (Lipinski definition) is 1. The van der Waals surface area contributed by atoms with E-state index in [0.717, 1.165) is 12.6 Å². The molecule has 1 N–H and O–H groups in total. The molecule has 0 bridgehead atoms. The summed E-state index contributed by atoms with van der Waals surface area (Å²) in [6.45, 7) is 5.59. The van der Waals surface area contributed by atoms with Crippen LogP contribution < -0.4 is 5.32 Å². The van der Waals surface area contributed by atoms with Crippen molar-refractivity contribution in [1.29, 1.82) is 0 Å². The maximum atomic E-state index is 3.70. The lowest BCUT2D eigenvalue weighted by molar-refractivity contribution is 0.372. The molecule has 100 valence electrons. The van der Waals surface area contributed by atoms with E-state index in [9.17, 15) is 0 Å². The van der Waals surface area contributed by atoms with Crippen molar-refractivity contribution in [2.24, 2.45) is 0 Å². The largest absolute Gasteiger partial charge is 0.310 e. The fourth-order valence-electron chi connectivity index (χ4n) is 2.77. The van der Waals surface area contributed by atoms with Gasteiger partial charge in [-0.25, -0.2) is 0 Å². The van der Waals surface area contributed by atoms with Crippen molar-refractivity contribution in [3.8, 4) is 0 Å². The molecule has 1 aromatic rings. The van der Waals surface area contributed by atoms with Gasteiger partial charge in [-0.3, -0.25) is 0 Å². The first-order valence-electron chi connectivity index (χ1n) is 7.62. The highest BCUT2D eigenvalue weighted by molar-refractivity contribution is 5.24. The van der Waals surface area contributed by atoms with Crippen molar-refractivity contribution in [3.63, 3.8) is 0 Å². The molecular formula is C17H27N. The molecule has 1 unspecified atom stereocenters. The van der Waals surface area contributed by atoms with Gasteiger partial charge in [0.25, 0.3) is 0 Å². The smallest absolute Gasteiger partial charge is 0.0208 e. The number of hydrogen-bond acceptors (Lipinski definition) is 1. The standard InChI is InChI=1S/C17H27N/c1-3-14(2)16-11-9-15(10-12-16)13-18-17-7-5-4-6-8-17/h9-12,14,17-18H,3-8,13H2,1-2H3. The molecule has 1 atom stereocenters.